The highest BCUT2D eigenvalue weighted by Crippen LogP contribution is 2.55. The van der Waals surface area contributed by atoms with E-state index in [9.17, 15) is 9.59 Å². The quantitative estimate of drug-likeness (QED) is 0.458. The maximum atomic E-state index is 11.1. The summed E-state index contributed by atoms with van der Waals surface area (Å²) in [5, 5.41) is 0. The second-order valence-electron chi connectivity index (χ2n) is 3.32. The molecule has 0 aromatic carbocycles. The second kappa shape index (κ2) is 2.44. The number of rotatable bonds is 2. The third-order valence-electron chi connectivity index (χ3n) is 2.74. The van der Waals surface area contributed by atoms with Crippen LogP contribution in [0, 0.1) is 17.8 Å². The molecule has 0 radical (unpaired) electrons. The van der Waals surface area contributed by atoms with E-state index >= 15 is 0 Å². The van der Waals surface area contributed by atoms with Crippen molar-refractivity contribution in [3.63, 3.8) is 0 Å². The van der Waals surface area contributed by atoms with E-state index < -0.39 is 0 Å². The number of hydrogen-bond donors (Lipinski definition) is 0. The molecule has 2 saturated carbocycles. The van der Waals surface area contributed by atoms with Crippen LogP contribution in [-0.2, 0) is 14.3 Å². The summed E-state index contributed by atoms with van der Waals surface area (Å²) in [7, 11) is 0. The van der Waals surface area contributed by atoms with E-state index in [-0.39, 0.29) is 30.9 Å². The Morgan fingerprint density at radius 2 is 2.50 bits per heavy atom. The summed E-state index contributed by atoms with van der Waals surface area (Å²) in [5.41, 5.74) is 0. The maximum absolute atomic E-state index is 11.1. The zero-order valence-corrected chi connectivity index (χ0v) is 6.66. The van der Waals surface area contributed by atoms with Crippen molar-refractivity contribution in [1.82, 2.24) is 0 Å². The van der Waals surface area contributed by atoms with Crippen LogP contribution in [0.5, 0.6) is 0 Å². The molecular weight excluding hydrogens is 156 g/mol. The van der Waals surface area contributed by atoms with Gasteiger partial charge in [0.25, 0.3) is 0 Å². The van der Waals surface area contributed by atoms with E-state index in [1.165, 1.54) is 0 Å². The summed E-state index contributed by atoms with van der Waals surface area (Å²) in [6.45, 7) is 3.30. The summed E-state index contributed by atoms with van der Waals surface area (Å²) in [6, 6.07) is 0. The Kier molecular flexibility index (Phi) is 1.53. The largest absolute Gasteiger partial charge is 0.435 e. The first-order valence-electron chi connectivity index (χ1n) is 4.10. The van der Waals surface area contributed by atoms with Gasteiger partial charge in [-0.2, -0.15) is 0 Å². The number of carbonyl (C=O) groups is 2. The minimum absolute atomic E-state index is 0. The van der Waals surface area contributed by atoms with Gasteiger partial charge in [0.1, 0.15) is 5.78 Å². The summed E-state index contributed by atoms with van der Waals surface area (Å²) in [4.78, 5) is 22.2. The van der Waals surface area contributed by atoms with Crippen molar-refractivity contribution in [3.8, 4) is 0 Å². The van der Waals surface area contributed by atoms with Crippen LogP contribution in [0.4, 0.5) is 0 Å². The number of ketones is 1. The van der Waals surface area contributed by atoms with Crippen molar-refractivity contribution in [1.29, 1.82) is 0 Å². The van der Waals surface area contributed by atoms with E-state index in [0.717, 1.165) is 12.7 Å². The molecule has 66 valence electrons. The average Bonchev–Trinajstić information content (AvgIpc) is 2.65. The highest BCUT2D eigenvalue weighted by atomic mass is 16.5. The highest BCUT2D eigenvalue weighted by molar-refractivity contribution is 5.94. The molecule has 3 heteroatoms. The van der Waals surface area contributed by atoms with Crippen LogP contribution in [0.25, 0.3) is 0 Å². The molecule has 3 atom stereocenters. The van der Waals surface area contributed by atoms with E-state index in [2.05, 4.69) is 11.3 Å². The van der Waals surface area contributed by atoms with Crippen LogP contribution in [-0.4, -0.2) is 11.8 Å². The van der Waals surface area contributed by atoms with Gasteiger partial charge in [-0.1, -0.05) is 6.58 Å². The molecule has 0 unspecified atom stereocenters. The molecule has 0 spiro atoms. The lowest BCUT2D eigenvalue weighted by Crippen LogP contribution is -2.10. The first kappa shape index (κ1) is 7.53. The highest BCUT2D eigenvalue weighted by Gasteiger charge is 2.62. The van der Waals surface area contributed by atoms with Crippen molar-refractivity contribution in [3.05, 3.63) is 12.8 Å². The molecule has 0 amide bonds. The number of hydrogen-bond acceptors (Lipinski definition) is 3. The van der Waals surface area contributed by atoms with Gasteiger partial charge in [0.15, 0.2) is 0 Å². The predicted molar refractivity (Wildman–Crippen MR) is 43.1 cm³/mol. The monoisotopic (exact) mass is 168 g/mol. The lowest BCUT2D eigenvalue weighted by atomic mass is 10.1. The number of carbonyl (C=O) groups excluding carboxylic acids is 2. The Hall–Kier alpha value is -1.12. The fourth-order valence-corrected chi connectivity index (χ4v) is 2.13. The number of fused-ring (bicyclic) bond motifs is 1. The van der Waals surface area contributed by atoms with Crippen LogP contribution >= 0.6 is 0 Å². The molecule has 0 aromatic rings. The second-order valence-corrected chi connectivity index (χ2v) is 3.32. The molecule has 2 aliphatic carbocycles. The third-order valence-corrected chi connectivity index (χ3v) is 2.74. The van der Waals surface area contributed by atoms with Crippen LogP contribution in [0.1, 0.15) is 14.3 Å². The van der Waals surface area contributed by atoms with Gasteiger partial charge in [-0.3, -0.25) is 9.59 Å². The summed E-state index contributed by atoms with van der Waals surface area (Å²) in [6.07, 6.45) is 2.63. The van der Waals surface area contributed by atoms with E-state index in [0.29, 0.717) is 6.42 Å². The molecule has 0 aliphatic heterocycles. The van der Waals surface area contributed by atoms with Crippen molar-refractivity contribution < 1.29 is 15.8 Å². The maximum Gasteiger partial charge on any atom is 0.314 e. The minimum atomic E-state index is -0.284. The molecule has 0 bridgehead atoms. The number of Topliss-reactive ketones (excluding diaryl/α,β-unsaturated/α-hetero) is 1. The van der Waals surface area contributed by atoms with E-state index in [4.69, 9.17) is 0 Å². The van der Waals surface area contributed by atoms with Gasteiger partial charge in [0.2, 0.25) is 0 Å². The molecule has 0 heterocycles. The standard InChI is InChI=1S/C9H10O3.H2/c1-2-12-9(11)8-5-3-4-6(10)7(5)8;/h2,5,7-8H,1,3-4H2;1H/t5-,7-,8+;/m1./s1. The third kappa shape index (κ3) is 0.891. The molecule has 2 aliphatic rings. The van der Waals surface area contributed by atoms with Gasteiger partial charge in [-0.05, 0) is 12.3 Å². The normalized spacial score (nSPS) is 37.3. The van der Waals surface area contributed by atoms with Crippen molar-refractivity contribution in [2.75, 3.05) is 0 Å². The van der Waals surface area contributed by atoms with Gasteiger partial charge < -0.3 is 4.74 Å². The smallest absolute Gasteiger partial charge is 0.314 e. The topological polar surface area (TPSA) is 43.4 Å². The minimum Gasteiger partial charge on any atom is -0.435 e. The summed E-state index contributed by atoms with van der Waals surface area (Å²) < 4.78 is 4.62. The Balaban J connectivity index is 0.000000845. The van der Waals surface area contributed by atoms with Crippen molar-refractivity contribution >= 4 is 11.8 Å². The molecule has 0 saturated heterocycles. The Morgan fingerprint density at radius 1 is 1.75 bits per heavy atom. The molecule has 12 heavy (non-hydrogen) atoms. The lowest BCUT2D eigenvalue weighted by molar-refractivity contribution is -0.141. The Bertz CT molecular complexity index is 262. The first-order valence-corrected chi connectivity index (χ1v) is 4.10. The summed E-state index contributed by atoms with van der Waals surface area (Å²) in [5.74, 6) is 0.0608. The Morgan fingerprint density at radius 3 is 3.00 bits per heavy atom. The molecular formula is C9H12O3. The number of ether oxygens (including phenoxy) is 1. The molecule has 2 fully saturated rings. The van der Waals surface area contributed by atoms with Crippen LogP contribution < -0.4 is 0 Å². The van der Waals surface area contributed by atoms with Gasteiger partial charge in [0.05, 0.1) is 12.2 Å². The lowest BCUT2D eigenvalue weighted by Gasteiger charge is -1.99. The van der Waals surface area contributed by atoms with Crippen molar-refractivity contribution in [2.24, 2.45) is 17.8 Å². The van der Waals surface area contributed by atoms with Gasteiger partial charge in [-0.15, -0.1) is 0 Å². The van der Waals surface area contributed by atoms with Gasteiger partial charge >= 0.3 is 5.97 Å². The van der Waals surface area contributed by atoms with Gasteiger partial charge in [0, 0.05) is 13.8 Å². The number of esters is 1. The zero-order chi connectivity index (χ0) is 8.72. The zero-order valence-electron chi connectivity index (χ0n) is 6.66. The van der Waals surface area contributed by atoms with E-state index in [1.54, 1.807) is 0 Å². The van der Waals surface area contributed by atoms with E-state index in [1.807, 2.05) is 0 Å². The summed E-state index contributed by atoms with van der Waals surface area (Å²) >= 11 is 0. The van der Waals surface area contributed by atoms with Crippen LogP contribution in [0.3, 0.4) is 0 Å². The van der Waals surface area contributed by atoms with Gasteiger partial charge in [-0.25, -0.2) is 0 Å². The fourth-order valence-electron chi connectivity index (χ4n) is 2.13. The predicted octanol–water partition coefficient (Wildman–Crippen LogP) is 1.14. The fraction of sp³-hybridized carbons (Fsp3) is 0.556. The average molecular weight is 168 g/mol. The SMILES string of the molecule is C=COC(=O)[C@H]1[C@@H]2CCC(=O)[C@@H]21.[HH]. The Labute approximate surface area is 71.9 Å². The van der Waals surface area contributed by atoms with Crippen LogP contribution in [0.15, 0.2) is 12.8 Å². The molecule has 0 aromatic heterocycles. The molecule has 2 rings (SSSR count). The molecule has 0 N–H and O–H groups in total. The van der Waals surface area contributed by atoms with Crippen LogP contribution in [0.2, 0.25) is 0 Å². The van der Waals surface area contributed by atoms with Crippen molar-refractivity contribution in [2.45, 2.75) is 12.8 Å². The molecule has 3 nitrogen and oxygen atoms in total. The first-order chi connectivity index (χ1) is 5.75.